The van der Waals surface area contributed by atoms with Gasteiger partial charge in [-0.25, -0.2) is 0 Å². The number of likely N-dealkylation sites (N-methyl/N-ethyl adjacent to an activating group) is 1. The summed E-state index contributed by atoms with van der Waals surface area (Å²) in [6, 6.07) is 0.629. The first-order valence-electron chi connectivity index (χ1n) is 5.88. The second kappa shape index (κ2) is 5.87. The first-order chi connectivity index (χ1) is 7.37. The van der Waals surface area contributed by atoms with Crippen molar-refractivity contribution >= 4 is 0 Å². The second-order valence-corrected chi connectivity index (χ2v) is 4.82. The van der Waals surface area contributed by atoms with Gasteiger partial charge in [0.1, 0.15) is 0 Å². The molecule has 16 heavy (non-hydrogen) atoms. The largest absolute Gasteiger partial charge is 0.389 e. The number of likely N-dealkylation sites (tertiary alicyclic amines) is 1. The van der Waals surface area contributed by atoms with E-state index in [4.69, 9.17) is 0 Å². The molecule has 0 radical (unpaired) electrons. The van der Waals surface area contributed by atoms with Gasteiger partial charge < -0.3 is 10.2 Å². The molecule has 0 saturated carbocycles. The van der Waals surface area contributed by atoms with Crippen LogP contribution >= 0.6 is 0 Å². The van der Waals surface area contributed by atoms with Crippen LogP contribution in [0.15, 0.2) is 0 Å². The lowest BCUT2D eigenvalue weighted by Gasteiger charge is -2.19. The zero-order chi connectivity index (χ0) is 12.2. The molecule has 0 aliphatic carbocycles. The SMILES string of the molecule is CC(CCCC(F)(F)F)NC1CCN(C)C1. The van der Waals surface area contributed by atoms with Crippen LogP contribution in [-0.2, 0) is 0 Å². The summed E-state index contributed by atoms with van der Waals surface area (Å²) in [4.78, 5) is 2.24. The molecule has 1 aliphatic rings. The highest BCUT2D eigenvalue weighted by molar-refractivity contribution is 4.81. The van der Waals surface area contributed by atoms with Crippen LogP contribution < -0.4 is 5.32 Å². The molecule has 2 unspecified atom stereocenters. The monoisotopic (exact) mass is 238 g/mol. The van der Waals surface area contributed by atoms with Gasteiger partial charge in [-0.3, -0.25) is 0 Å². The molecule has 2 atom stereocenters. The molecule has 0 aromatic rings. The van der Waals surface area contributed by atoms with E-state index in [1.54, 1.807) is 0 Å². The van der Waals surface area contributed by atoms with Crippen molar-refractivity contribution in [3.05, 3.63) is 0 Å². The fourth-order valence-electron chi connectivity index (χ4n) is 2.17. The van der Waals surface area contributed by atoms with Gasteiger partial charge in [-0.2, -0.15) is 13.2 Å². The van der Waals surface area contributed by atoms with Crippen molar-refractivity contribution in [2.75, 3.05) is 20.1 Å². The molecule has 1 aliphatic heterocycles. The number of hydrogen-bond acceptors (Lipinski definition) is 2. The number of rotatable bonds is 5. The first-order valence-corrected chi connectivity index (χ1v) is 5.88. The van der Waals surface area contributed by atoms with Crippen LogP contribution in [0.5, 0.6) is 0 Å². The summed E-state index contributed by atoms with van der Waals surface area (Å²) >= 11 is 0. The van der Waals surface area contributed by atoms with Gasteiger partial charge in [0.25, 0.3) is 0 Å². The van der Waals surface area contributed by atoms with Crippen LogP contribution in [0.2, 0.25) is 0 Å². The van der Waals surface area contributed by atoms with Crippen molar-refractivity contribution in [1.82, 2.24) is 10.2 Å². The van der Waals surface area contributed by atoms with Crippen molar-refractivity contribution < 1.29 is 13.2 Å². The maximum Gasteiger partial charge on any atom is 0.389 e. The Morgan fingerprint density at radius 2 is 2.12 bits per heavy atom. The van der Waals surface area contributed by atoms with Gasteiger partial charge in [-0.1, -0.05) is 0 Å². The zero-order valence-corrected chi connectivity index (χ0v) is 9.98. The minimum atomic E-state index is -4.01. The van der Waals surface area contributed by atoms with Crippen LogP contribution in [0.25, 0.3) is 0 Å². The van der Waals surface area contributed by atoms with Crippen molar-refractivity contribution in [2.45, 2.75) is 50.9 Å². The molecule has 0 aromatic carbocycles. The van der Waals surface area contributed by atoms with Gasteiger partial charge in [0.05, 0.1) is 0 Å². The third-order valence-corrected chi connectivity index (χ3v) is 3.01. The fourth-order valence-corrected chi connectivity index (χ4v) is 2.17. The molecule has 1 heterocycles. The van der Waals surface area contributed by atoms with E-state index in [0.29, 0.717) is 12.5 Å². The molecule has 0 bridgehead atoms. The van der Waals surface area contributed by atoms with Gasteiger partial charge in [-0.05, 0) is 39.8 Å². The molecular formula is C11H21F3N2. The van der Waals surface area contributed by atoms with Gasteiger partial charge in [0.2, 0.25) is 0 Å². The Morgan fingerprint density at radius 3 is 2.62 bits per heavy atom. The van der Waals surface area contributed by atoms with E-state index in [-0.39, 0.29) is 12.5 Å². The van der Waals surface area contributed by atoms with Gasteiger partial charge in [0.15, 0.2) is 0 Å². The van der Waals surface area contributed by atoms with Crippen LogP contribution in [-0.4, -0.2) is 43.3 Å². The molecular weight excluding hydrogens is 217 g/mol. The molecule has 1 rings (SSSR count). The quantitative estimate of drug-likeness (QED) is 0.791. The number of halogens is 3. The zero-order valence-electron chi connectivity index (χ0n) is 9.98. The van der Waals surface area contributed by atoms with Crippen molar-refractivity contribution in [1.29, 1.82) is 0 Å². The summed E-state index contributed by atoms with van der Waals surface area (Å²) in [7, 11) is 2.07. The minimum absolute atomic E-state index is 0.179. The number of alkyl halides is 3. The van der Waals surface area contributed by atoms with Gasteiger partial charge in [-0.15, -0.1) is 0 Å². The summed E-state index contributed by atoms with van der Waals surface area (Å²) in [5.41, 5.74) is 0. The van der Waals surface area contributed by atoms with Gasteiger partial charge >= 0.3 is 6.18 Å². The lowest BCUT2D eigenvalue weighted by atomic mass is 10.1. The Bertz CT molecular complexity index is 206. The predicted octanol–water partition coefficient (Wildman–Crippen LogP) is 2.40. The van der Waals surface area contributed by atoms with E-state index in [0.717, 1.165) is 19.5 Å². The Kier molecular flexibility index (Phi) is 5.05. The third-order valence-electron chi connectivity index (χ3n) is 3.01. The number of hydrogen-bond donors (Lipinski definition) is 1. The third kappa shape index (κ3) is 5.70. The highest BCUT2D eigenvalue weighted by atomic mass is 19.4. The Morgan fingerprint density at radius 1 is 1.44 bits per heavy atom. The summed E-state index contributed by atoms with van der Waals surface area (Å²) in [5.74, 6) is 0. The van der Waals surface area contributed by atoms with Crippen LogP contribution in [0.3, 0.4) is 0 Å². The predicted molar refractivity (Wildman–Crippen MR) is 58.4 cm³/mol. The molecule has 0 aromatic heterocycles. The van der Waals surface area contributed by atoms with E-state index in [1.807, 2.05) is 6.92 Å². The van der Waals surface area contributed by atoms with E-state index in [1.165, 1.54) is 0 Å². The molecule has 0 amide bonds. The van der Waals surface area contributed by atoms with Crippen LogP contribution in [0.1, 0.15) is 32.6 Å². The summed E-state index contributed by atoms with van der Waals surface area (Å²) in [6.07, 6.45) is -2.75. The fraction of sp³-hybridized carbons (Fsp3) is 1.00. The molecule has 96 valence electrons. The van der Waals surface area contributed by atoms with E-state index in [2.05, 4.69) is 17.3 Å². The standard InChI is InChI=1S/C11H21F3N2/c1-9(4-3-6-11(12,13)14)15-10-5-7-16(2)8-10/h9-10,15H,3-8H2,1-2H3. The molecule has 1 N–H and O–H groups in total. The van der Waals surface area contributed by atoms with E-state index in [9.17, 15) is 13.2 Å². The lowest BCUT2D eigenvalue weighted by molar-refractivity contribution is -0.135. The van der Waals surface area contributed by atoms with Gasteiger partial charge in [0, 0.05) is 25.0 Å². The smallest absolute Gasteiger partial charge is 0.310 e. The number of nitrogens with one attached hydrogen (secondary N) is 1. The molecule has 2 nitrogen and oxygen atoms in total. The summed E-state index contributed by atoms with van der Waals surface area (Å²) in [5, 5.41) is 3.39. The van der Waals surface area contributed by atoms with Crippen molar-refractivity contribution in [2.24, 2.45) is 0 Å². The molecule has 1 saturated heterocycles. The average molecular weight is 238 g/mol. The van der Waals surface area contributed by atoms with Crippen molar-refractivity contribution in [3.8, 4) is 0 Å². The van der Waals surface area contributed by atoms with Crippen LogP contribution in [0.4, 0.5) is 13.2 Å². The number of nitrogens with zero attached hydrogens (tertiary/aromatic N) is 1. The van der Waals surface area contributed by atoms with Crippen molar-refractivity contribution in [3.63, 3.8) is 0 Å². The highest BCUT2D eigenvalue weighted by Crippen LogP contribution is 2.22. The maximum absolute atomic E-state index is 11.9. The van der Waals surface area contributed by atoms with Crippen LogP contribution in [0, 0.1) is 0 Å². The highest BCUT2D eigenvalue weighted by Gasteiger charge is 2.27. The van der Waals surface area contributed by atoms with E-state index < -0.39 is 12.6 Å². The molecule has 5 heteroatoms. The second-order valence-electron chi connectivity index (χ2n) is 4.82. The first kappa shape index (κ1) is 13.8. The minimum Gasteiger partial charge on any atom is -0.310 e. The Labute approximate surface area is 95.2 Å². The maximum atomic E-state index is 11.9. The summed E-state index contributed by atoms with van der Waals surface area (Å²) < 4.78 is 35.8. The average Bonchev–Trinajstić information content (AvgIpc) is 2.48. The topological polar surface area (TPSA) is 15.3 Å². The summed E-state index contributed by atoms with van der Waals surface area (Å²) in [6.45, 7) is 4.05. The Balaban J connectivity index is 2.09. The van der Waals surface area contributed by atoms with E-state index >= 15 is 0 Å². The molecule has 1 fully saturated rings. The molecule has 0 spiro atoms. The normalized spacial score (nSPS) is 24.9. The Hall–Kier alpha value is -0.290. The lowest BCUT2D eigenvalue weighted by Crippen LogP contribution is -2.38.